The van der Waals surface area contributed by atoms with Gasteiger partial charge >= 0.3 is 6.09 Å². The average molecular weight is 280 g/mol. The van der Waals surface area contributed by atoms with E-state index in [9.17, 15) is 9.90 Å². The number of nitrogens with one attached hydrogen (secondary N) is 1. The minimum absolute atomic E-state index is 0.158. The third-order valence-electron chi connectivity index (χ3n) is 2.26. The molecule has 2 aromatic heterocycles. The van der Waals surface area contributed by atoms with Crippen molar-refractivity contribution in [3.8, 4) is 5.75 Å². The van der Waals surface area contributed by atoms with E-state index in [1.807, 2.05) is 26.8 Å². The van der Waals surface area contributed by atoms with Gasteiger partial charge in [0.05, 0.1) is 17.4 Å². The molecule has 0 atom stereocenters. The molecular formula is C13H16N2O3S. The van der Waals surface area contributed by atoms with Crippen LogP contribution in [0.25, 0.3) is 10.1 Å². The summed E-state index contributed by atoms with van der Waals surface area (Å²) in [5.41, 5.74) is -0.508. The summed E-state index contributed by atoms with van der Waals surface area (Å²) in [5, 5.41) is 13.2. The van der Waals surface area contributed by atoms with E-state index in [1.54, 1.807) is 6.20 Å². The molecule has 0 aromatic carbocycles. The summed E-state index contributed by atoms with van der Waals surface area (Å²) in [5.74, 6) is 0.158. The first-order valence-electron chi connectivity index (χ1n) is 5.87. The fourth-order valence-electron chi connectivity index (χ4n) is 1.56. The zero-order valence-electron chi connectivity index (χ0n) is 11.1. The zero-order valence-corrected chi connectivity index (χ0v) is 11.9. The van der Waals surface area contributed by atoms with Crippen LogP contribution in [0.5, 0.6) is 5.75 Å². The first-order valence-corrected chi connectivity index (χ1v) is 6.69. The van der Waals surface area contributed by atoms with E-state index >= 15 is 0 Å². The van der Waals surface area contributed by atoms with Gasteiger partial charge in [-0.15, -0.1) is 11.3 Å². The van der Waals surface area contributed by atoms with Crippen molar-refractivity contribution in [2.45, 2.75) is 32.9 Å². The van der Waals surface area contributed by atoms with Crippen LogP contribution in [0.1, 0.15) is 25.6 Å². The molecule has 0 radical (unpaired) electrons. The number of amides is 1. The van der Waals surface area contributed by atoms with Crippen molar-refractivity contribution in [3.05, 3.63) is 23.3 Å². The fraction of sp³-hybridized carbons (Fsp3) is 0.385. The van der Waals surface area contributed by atoms with Crippen molar-refractivity contribution < 1.29 is 14.6 Å². The Bertz CT molecular complexity index is 601. The highest BCUT2D eigenvalue weighted by molar-refractivity contribution is 7.19. The topological polar surface area (TPSA) is 71.5 Å². The van der Waals surface area contributed by atoms with Gasteiger partial charge in [0.2, 0.25) is 0 Å². The summed E-state index contributed by atoms with van der Waals surface area (Å²) in [6.07, 6.45) is 2.64. The average Bonchev–Trinajstić information content (AvgIpc) is 2.68. The maximum Gasteiger partial charge on any atom is 0.407 e. The van der Waals surface area contributed by atoms with Gasteiger partial charge < -0.3 is 15.2 Å². The molecule has 5 nitrogen and oxygen atoms in total. The van der Waals surface area contributed by atoms with Crippen LogP contribution in [-0.4, -0.2) is 21.8 Å². The number of carbonyl (C=O) groups is 1. The summed E-state index contributed by atoms with van der Waals surface area (Å²) >= 11 is 1.42. The Balaban J connectivity index is 2.02. The van der Waals surface area contributed by atoms with Crippen molar-refractivity contribution in [2.75, 3.05) is 0 Å². The molecule has 6 heteroatoms. The van der Waals surface area contributed by atoms with E-state index in [-0.39, 0.29) is 5.75 Å². The summed E-state index contributed by atoms with van der Waals surface area (Å²) in [6.45, 7) is 5.81. The number of thiophene rings is 1. The van der Waals surface area contributed by atoms with E-state index in [0.29, 0.717) is 6.54 Å². The van der Waals surface area contributed by atoms with Gasteiger partial charge in [0, 0.05) is 16.5 Å². The number of hydrogen-bond donors (Lipinski definition) is 2. The molecule has 2 heterocycles. The van der Waals surface area contributed by atoms with Crippen molar-refractivity contribution in [2.24, 2.45) is 0 Å². The molecule has 0 aliphatic heterocycles. The molecule has 19 heavy (non-hydrogen) atoms. The quantitative estimate of drug-likeness (QED) is 0.887. The van der Waals surface area contributed by atoms with Gasteiger partial charge in [0.1, 0.15) is 5.60 Å². The van der Waals surface area contributed by atoms with Gasteiger partial charge in [0.15, 0.2) is 5.75 Å². The van der Waals surface area contributed by atoms with E-state index in [1.165, 1.54) is 17.5 Å². The Kier molecular flexibility index (Phi) is 3.61. The number of aromatic hydroxyl groups is 1. The summed E-state index contributed by atoms with van der Waals surface area (Å²) in [6, 6.07) is 1.89. The number of rotatable bonds is 2. The van der Waals surface area contributed by atoms with Gasteiger partial charge in [-0.1, -0.05) is 0 Å². The highest BCUT2D eigenvalue weighted by Crippen LogP contribution is 2.31. The lowest BCUT2D eigenvalue weighted by atomic mass is 10.2. The third kappa shape index (κ3) is 3.57. The summed E-state index contributed by atoms with van der Waals surface area (Å²) < 4.78 is 5.92. The largest absolute Gasteiger partial charge is 0.505 e. The van der Waals surface area contributed by atoms with Crippen molar-refractivity contribution >= 4 is 27.5 Å². The molecule has 0 saturated heterocycles. The Labute approximate surface area is 115 Å². The maximum absolute atomic E-state index is 11.5. The summed E-state index contributed by atoms with van der Waals surface area (Å²) in [7, 11) is 0. The van der Waals surface area contributed by atoms with Gasteiger partial charge in [-0.2, -0.15) is 0 Å². The highest BCUT2D eigenvalue weighted by atomic mass is 32.1. The van der Waals surface area contributed by atoms with Gasteiger partial charge in [0.25, 0.3) is 0 Å². The molecule has 1 amide bonds. The Hall–Kier alpha value is -1.82. The van der Waals surface area contributed by atoms with E-state index in [2.05, 4.69) is 10.3 Å². The number of hydrogen-bond acceptors (Lipinski definition) is 5. The number of nitrogens with zero attached hydrogens (tertiary/aromatic N) is 1. The van der Waals surface area contributed by atoms with Crippen molar-refractivity contribution in [3.63, 3.8) is 0 Å². The molecule has 102 valence electrons. The van der Waals surface area contributed by atoms with Gasteiger partial charge in [-0.3, -0.25) is 4.98 Å². The van der Waals surface area contributed by atoms with Crippen molar-refractivity contribution in [1.82, 2.24) is 10.3 Å². The predicted molar refractivity (Wildman–Crippen MR) is 74.4 cm³/mol. The number of carbonyl (C=O) groups excluding carboxylic acids is 1. The molecule has 0 saturated carbocycles. The Morgan fingerprint density at radius 3 is 2.84 bits per heavy atom. The number of fused-ring (bicyclic) bond motifs is 1. The maximum atomic E-state index is 11.5. The molecule has 2 N–H and O–H groups in total. The molecule has 2 aromatic rings. The minimum atomic E-state index is -0.508. The lowest BCUT2D eigenvalue weighted by molar-refractivity contribution is 0.0524. The molecule has 0 unspecified atom stereocenters. The van der Waals surface area contributed by atoms with Crippen LogP contribution in [0.15, 0.2) is 18.5 Å². The number of ether oxygens (including phenoxy) is 1. The fourth-order valence-corrected chi connectivity index (χ4v) is 2.54. The number of pyridine rings is 1. The third-order valence-corrected chi connectivity index (χ3v) is 3.43. The Morgan fingerprint density at radius 2 is 2.21 bits per heavy atom. The Morgan fingerprint density at radius 1 is 1.47 bits per heavy atom. The smallest absolute Gasteiger partial charge is 0.407 e. The molecule has 0 fully saturated rings. The molecule has 2 rings (SSSR count). The minimum Gasteiger partial charge on any atom is -0.505 e. The second kappa shape index (κ2) is 5.05. The first kappa shape index (κ1) is 13.6. The normalized spacial score (nSPS) is 11.5. The number of alkyl carbamates (subject to hydrolysis) is 1. The second-order valence-corrected chi connectivity index (χ2v) is 6.28. The SMILES string of the molecule is CC(C)(C)OC(=O)NCc1cc2cncc(O)c2s1. The van der Waals surface area contributed by atoms with Crippen LogP contribution in [0, 0.1) is 0 Å². The van der Waals surface area contributed by atoms with Gasteiger partial charge in [-0.05, 0) is 26.8 Å². The van der Waals surface area contributed by atoms with Crippen LogP contribution in [0.4, 0.5) is 4.79 Å². The molecule has 0 aliphatic rings. The zero-order chi connectivity index (χ0) is 14.0. The first-order chi connectivity index (χ1) is 8.85. The predicted octanol–water partition coefficient (Wildman–Crippen LogP) is 3.03. The molecule has 0 spiro atoms. The second-order valence-electron chi connectivity index (χ2n) is 5.15. The standard InChI is InChI=1S/C13H16N2O3S/c1-13(2,3)18-12(17)15-6-9-4-8-5-14-7-10(16)11(8)19-9/h4-5,7,16H,6H2,1-3H3,(H,15,17). The molecule has 0 aliphatic carbocycles. The van der Waals surface area contributed by atoms with E-state index < -0.39 is 11.7 Å². The summed E-state index contributed by atoms with van der Waals surface area (Å²) in [4.78, 5) is 16.4. The van der Waals surface area contributed by atoms with Crippen molar-refractivity contribution in [1.29, 1.82) is 0 Å². The van der Waals surface area contributed by atoms with Crippen LogP contribution >= 0.6 is 11.3 Å². The monoisotopic (exact) mass is 280 g/mol. The highest BCUT2D eigenvalue weighted by Gasteiger charge is 2.16. The van der Waals surface area contributed by atoms with E-state index in [4.69, 9.17) is 4.74 Å². The molecular weight excluding hydrogens is 264 g/mol. The van der Waals surface area contributed by atoms with Crippen LogP contribution < -0.4 is 5.32 Å². The van der Waals surface area contributed by atoms with Crippen LogP contribution in [0.2, 0.25) is 0 Å². The van der Waals surface area contributed by atoms with Gasteiger partial charge in [-0.25, -0.2) is 4.79 Å². The number of aromatic nitrogens is 1. The van der Waals surface area contributed by atoms with Crippen LogP contribution in [-0.2, 0) is 11.3 Å². The molecule has 0 bridgehead atoms. The lowest BCUT2D eigenvalue weighted by Gasteiger charge is -2.19. The van der Waals surface area contributed by atoms with E-state index in [0.717, 1.165) is 15.0 Å². The lowest BCUT2D eigenvalue weighted by Crippen LogP contribution is -2.31. The van der Waals surface area contributed by atoms with Crippen LogP contribution in [0.3, 0.4) is 0 Å².